The van der Waals surface area contributed by atoms with Crippen molar-refractivity contribution in [3.05, 3.63) is 99.4 Å². The summed E-state index contributed by atoms with van der Waals surface area (Å²) in [6.45, 7) is 6.46. The van der Waals surface area contributed by atoms with Crippen LogP contribution in [0.4, 0.5) is 0 Å². The van der Waals surface area contributed by atoms with Gasteiger partial charge in [-0.1, -0.05) is 69.3 Å². The largest absolute Gasteiger partial charge is 0.317 e. The van der Waals surface area contributed by atoms with Crippen LogP contribution in [0.25, 0.3) is 6.08 Å². The minimum Gasteiger partial charge on any atom is -0.317 e. The Kier molecular flexibility index (Phi) is 7.15. The summed E-state index contributed by atoms with van der Waals surface area (Å²) >= 11 is 1.47. The zero-order chi connectivity index (χ0) is 22.3. The van der Waals surface area contributed by atoms with Gasteiger partial charge in [-0.2, -0.15) is 5.10 Å². The van der Waals surface area contributed by atoms with Gasteiger partial charge in [0.15, 0.2) is 0 Å². The molecule has 0 aliphatic carbocycles. The van der Waals surface area contributed by atoms with E-state index in [9.17, 15) is 9.59 Å². The molecule has 5 nitrogen and oxygen atoms in total. The second-order valence-electron chi connectivity index (χ2n) is 7.96. The van der Waals surface area contributed by atoms with Crippen molar-refractivity contribution >= 4 is 35.4 Å². The Morgan fingerprint density at radius 1 is 0.935 bits per heavy atom. The lowest BCUT2D eigenvalue weighted by Crippen LogP contribution is -2.32. The lowest BCUT2D eigenvalue weighted by molar-refractivity contribution is -0.117. The fourth-order valence-corrected chi connectivity index (χ4v) is 3.41. The third-order valence-electron chi connectivity index (χ3n) is 4.52. The lowest BCUT2D eigenvalue weighted by atomic mass is 9.87. The molecule has 1 heterocycles. The molecular formula is C25H25N3O2S. The van der Waals surface area contributed by atoms with Gasteiger partial charge < -0.3 is 5.32 Å². The lowest BCUT2D eigenvalue weighted by Gasteiger charge is -2.18. The van der Waals surface area contributed by atoms with Crippen LogP contribution in [0.5, 0.6) is 0 Å². The molecule has 0 aliphatic rings. The van der Waals surface area contributed by atoms with E-state index in [1.807, 2.05) is 47.8 Å². The molecule has 3 aromatic rings. The van der Waals surface area contributed by atoms with Gasteiger partial charge in [0.2, 0.25) is 0 Å². The van der Waals surface area contributed by atoms with Crippen molar-refractivity contribution < 1.29 is 9.59 Å². The number of carbonyl (C=O) groups is 2. The third kappa shape index (κ3) is 6.49. The summed E-state index contributed by atoms with van der Waals surface area (Å²) in [5.41, 5.74) is 5.25. The average Bonchev–Trinajstić information content (AvgIpc) is 3.26. The van der Waals surface area contributed by atoms with Gasteiger partial charge in [-0.15, -0.1) is 11.3 Å². The highest BCUT2D eigenvalue weighted by atomic mass is 32.1. The van der Waals surface area contributed by atoms with Gasteiger partial charge in [-0.3, -0.25) is 9.59 Å². The second kappa shape index (κ2) is 10.00. The molecule has 0 fully saturated rings. The molecule has 2 amide bonds. The number of nitrogens with zero attached hydrogens (tertiary/aromatic N) is 1. The molecule has 0 atom stereocenters. The number of hydrazone groups is 1. The van der Waals surface area contributed by atoms with E-state index in [0.717, 1.165) is 10.4 Å². The molecule has 0 saturated carbocycles. The summed E-state index contributed by atoms with van der Waals surface area (Å²) in [5.74, 6) is -0.861. The molecule has 158 valence electrons. The van der Waals surface area contributed by atoms with Gasteiger partial charge in [0.05, 0.1) is 6.21 Å². The van der Waals surface area contributed by atoms with E-state index in [1.54, 1.807) is 36.6 Å². The van der Waals surface area contributed by atoms with Crippen molar-refractivity contribution in [1.82, 2.24) is 10.7 Å². The van der Waals surface area contributed by atoms with Crippen LogP contribution in [-0.4, -0.2) is 18.0 Å². The molecule has 0 radical (unpaired) electrons. The molecule has 0 saturated heterocycles. The number of benzene rings is 2. The number of hydrogen-bond donors (Lipinski definition) is 2. The second-order valence-corrected chi connectivity index (χ2v) is 8.94. The minimum atomic E-state index is -0.500. The molecule has 3 rings (SSSR count). The monoisotopic (exact) mass is 431 g/mol. The van der Waals surface area contributed by atoms with Crippen LogP contribution in [0.2, 0.25) is 0 Å². The maximum absolute atomic E-state index is 12.7. The van der Waals surface area contributed by atoms with Crippen LogP contribution in [0, 0.1) is 0 Å². The van der Waals surface area contributed by atoms with Crippen LogP contribution in [0.1, 0.15) is 47.1 Å². The fraction of sp³-hybridized carbons (Fsp3) is 0.160. The zero-order valence-electron chi connectivity index (χ0n) is 17.8. The topological polar surface area (TPSA) is 70.6 Å². The Morgan fingerprint density at radius 3 is 2.26 bits per heavy atom. The Bertz CT molecular complexity index is 1080. The van der Waals surface area contributed by atoms with E-state index >= 15 is 0 Å². The van der Waals surface area contributed by atoms with Crippen molar-refractivity contribution in [2.45, 2.75) is 26.2 Å². The van der Waals surface area contributed by atoms with Crippen molar-refractivity contribution in [2.24, 2.45) is 5.10 Å². The van der Waals surface area contributed by atoms with Crippen LogP contribution in [-0.2, 0) is 10.2 Å². The maximum Gasteiger partial charge on any atom is 0.287 e. The summed E-state index contributed by atoms with van der Waals surface area (Å²) in [6.07, 6.45) is 3.21. The number of hydrogen-bond acceptors (Lipinski definition) is 4. The van der Waals surface area contributed by atoms with Crippen LogP contribution < -0.4 is 10.7 Å². The summed E-state index contributed by atoms with van der Waals surface area (Å²) in [6, 6.07) is 20.5. The predicted molar refractivity (Wildman–Crippen MR) is 127 cm³/mol. The Hall–Kier alpha value is -3.51. The van der Waals surface area contributed by atoms with E-state index in [-0.39, 0.29) is 17.0 Å². The van der Waals surface area contributed by atoms with Crippen molar-refractivity contribution in [2.75, 3.05) is 0 Å². The smallest absolute Gasteiger partial charge is 0.287 e. The zero-order valence-corrected chi connectivity index (χ0v) is 18.6. The van der Waals surface area contributed by atoms with Crippen LogP contribution in [0.3, 0.4) is 0 Å². The summed E-state index contributed by atoms with van der Waals surface area (Å²) in [5, 5.41) is 8.64. The van der Waals surface area contributed by atoms with Crippen LogP contribution in [0.15, 0.2) is 82.9 Å². The van der Waals surface area contributed by atoms with Crippen molar-refractivity contribution in [3.8, 4) is 0 Å². The Morgan fingerprint density at radius 2 is 1.65 bits per heavy atom. The molecule has 0 spiro atoms. The number of carbonyl (C=O) groups excluding carboxylic acids is 2. The first-order valence-corrected chi connectivity index (χ1v) is 10.8. The number of amides is 2. The number of nitrogens with one attached hydrogen (secondary N) is 2. The van der Waals surface area contributed by atoms with E-state index in [0.29, 0.717) is 5.56 Å². The van der Waals surface area contributed by atoms with Gasteiger partial charge in [-0.05, 0) is 46.2 Å². The van der Waals surface area contributed by atoms with E-state index in [1.165, 1.54) is 16.9 Å². The highest BCUT2D eigenvalue weighted by molar-refractivity contribution is 7.10. The van der Waals surface area contributed by atoms with Crippen LogP contribution >= 0.6 is 11.3 Å². The maximum atomic E-state index is 12.7. The highest BCUT2D eigenvalue weighted by Crippen LogP contribution is 2.21. The minimum absolute atomic E-state index is 0.0718. The molecule has 2 N–H and O–H groups in total. The molecular weight excluding hydrogens is 406 g/mol. The van der Waals surface area contributed by atoms with E-state index in [4.69, 9.17) is 0 Å². The first-order valence-electron chi connectivity index (χ1n) is 9.88. The summed E-state index contributed by atoms with van der Waals surface area (Å²) in [7, 11) is 0. The first-order chi connectivity index (χ1) is 14.8. The Labute approximate surface area is 186 Å². The molecule has 0 bridgehead atoms. The van der Waals surface area contributed by atoms with Crippen molar-refractivity contribution in [3.63, 3.8) is 0 Å². The Balaban J connectivity index is 1.71. The molecule has 0 unspecified atom stereocenters. The first kappa shape index (κ1) is 22.2. The summed E-state index contributed by atoms with van der Waals surface area (Å²) in [4.78, 5) is 26.1. The molecule has 6 heteroatoms. The SMILES string of the molecule is CC(C)(C)c1ccc(/C=N/NC(=O)/C(=C\c2cccs2)NC(=O)c2ccccc2)cc1. The number of thiophene rings is 1. The number of rotatable bonds is 6. The molecule has 2 aromatic carbocycles. The quantitative estimate of drug-likeness (QED) is 0.329. The van der Waals surface area contributed by atoms with Gasteiger partial charge >= 0.3 is 0 Å². The fourth-order valence-electron chi connectivity index (χ4n) is 2.75. The van der Waals surface area contributed by atoms with E-state index in [2.05, 4.69) is 36.6 Å². The molecule has 0 aliphatic heterocycles. The van der Waals surface area contributed by atoms with Crippen molar-refractivity contribution in [1.29, 1.82) is 0 Å². The average molecular weight is 432 g/mol. The molecule has 31 heavy (non-hydrogen) atoms. The predicted octanol–water partition coefficient (Wildman–Crippen LogP) is 4.97. The van der Waals surface area contributed by atoms with Gasteiger partial charge in [-0.25, -0.2) is 5.43 Å². The summed E-state index contributed by atoms with van der Waals surface area (Å²) < 4.78 is 0. The molecule has 1 aromatic heterocycles. The normalized spacial score (nSPS) is 12.0. The highest BCUT2D eigenvalue weighted by Gasteiger charge is 2.15. The van der Waals surface area contributed by atoms with Gasteiger partial charge in [0.25, 0.3) is 11.8 Å². The van der Waals surface area contributed by atoms with Gasteiger partial charge in [0, 0.05) is 10.4 Å². The standard InChI is InChI=1S/C25H25N3O2S/c1-25(2,3)20-13-11-18(12-14-20)17-26-28-24(30)22(16-21-10-7-15-31-21)27-23(29)19-8-5-4-6-9-19/h4-17H,1-3H3,(H,27,29)(H,28,30)/b22-16+,26-17+. The van der Waals surface area contributed by atoms with E-state index < -0.39 is 5.91 Å². The van der Waals surface area contributed by atoms with Gasteiger partial charge in [0.1, 0.15) is 5.70 Å². The third-order valence-corrected chi connectivity index (χ3v) is 5.33.